The first-order valence-corrected chi connectivity index (χ1v) is 14.7. The van der Waals surface area contributed by atoms with Gasteiger partial charge in [-0.3, -0.25) is 14.6 Å². The van der Waals surface area contributed by atoms with Crippen LogP contribution in [0.4, 0.5) is 36.2 Å². The summed E-state index contributed by atoms with van der Waals surface area (Å²) in [5.74, 6) is -2.52. The Morgan fingerprint density at radius 3 is 2.35 bits per heavy atom. The van der Waals surface area contributed by atoms with Crippen molar-refractivity contribution in [2.24, 2.45) is 0 Å². The van der Waals surface area contributed by atoms with E-state index in [2.05, 4.69) is 30.9 Å². The lowest BCUT2D eigenvalue weighted by Gasteiger charge is -2.16. The zero-order chi connectivity index (χ0) is 34.4. The Balaban J connectivity index is 1.28. The van der Waals surface area contributed by atoms with Crippen LogP contribution in [0.25, 0.3) is 11.3 Å². The van der Waals surface area contributed by atoms with Gasteiger partial charge in [-0.1, -0.05) is 35.3 Å². The predicted molar refractivity (Wildman–Crippen MR) is 174 cm³/mol. The number of benzene rings is 3. The van der Waals surface area contributed by atoms with E-state index in [1.54, 1.807) is 43.7 Å². The zero-order valence-corrected chi connectivity index (χ0v) is 26.2. The summed E-state index contributed by atoms with van der Waals surface area (Å²) in [5.41, 5.74) is 0.544. The molecule has 3 aromatic carbocycles. The van der Waals surface area contributed by atoms with Crippen LogP contribution >= 0.6 is 23.2 Å². The summed E-state index contributed by atoms with van der Waals surface area (Å²) in [6.07, 6.45) is -0.0548. The quantitative estimate of drug-likeness (QED) is 0.132. The van der Waals surface area contributed by atoms with Crippen molar-refractivity contribution in [1.29, 1.82) is 0 Å². The molecule has 48 heavy (non-hydrogen) atoms. The minimum absolute atomic E-state index is 0.0244. The number of carbonyl (C=O) groups excluding carboxylic acids is 3. The molecule has 0 spiro atoms. The number of pyridine rings is 1. The minimum Gasteiger partial charge on any atom is -0.452 e. The molecule has 5 aromatic rings. The fraction of sp³-hybridized carbons (Fsp3) is 0.0909. The van der Waals surface area contributed by atoms with E-state index in [4.69, 9.17) is 27.9 Å². The second-order valence-corrected chi connectivity index (χ2v) is 10.9. The number of hydrogen-bond donors (Lipinski definition) is 3. The molecule has 2 heterocycles. The highest BCUT2D eigenvalue weighted by atomic mass is 35.5. The second-order valence-electron chi connectivity index (χ2n) is 10.1. The lowest BCUT2D eigenvalue weighted by atomic mass is 10.1. The first-order chi connectivity index (χ1) is 22.9. The summed E-state index contributed by atoms with van der Waals surface area (Å²) in [7, 11) is 0. The maximum atomic E-state index is 14.0. The minimum atomic E-state index is -4.92. The van der Waals surface area contributed by atoms with E-state index in [0.29, 0.717) is 17.4 Å². The molecule has 0 radical (unpaired) electrons. The standard InChI is InChI=1S/C33H23Cl2F3N6O4/c1-18-7-8-19(14-27(18)44-32-40-13-11-25(43-32)20-4-3-12-39-16-20)30(46)41-21-9-10-26(22(15-21)33(36,37)38)42-28(45)17-48-31(47)29-23(34)5-2-6-24(29)35/h2-16H,17H2,1H3,(H,41,46)(H,42,45)(H,40,43,44). The first kappa shape index (κ1) is 33.8. The normalized spacial score (nSPS) is 11.0. The number of carbonyl (C=O) groups is 3. The van der Waals surface area contributed by atoms with Crippen LogP contribution in [0.15, 0.2) is 91.4 Å². The molecule has 244 valence electrons. The molecule has 0 bridgehead atoms. The molecule has 0 unspecified atom stereocenters. The van der Waals surface area contributed by atoms with Gasteiger partial charge in [-0.15, -0.1) is 0 Å². The molecule has 2 amide bonds. The summed E-state index contributed by atoms with van der Waals surface area (Å²) in [6, 6.07) is 17.1. The molecule has 0 saturated heterocycles. The van der Waals surface area contributed by atoms with Gasteiger partial charge in [0, 0.05) is 41.1 Å². The van der Waals surface area contributed by atoms with E-state index < -0.39 is 41.8 Å². The van der Waals surface area contributed by atoms with Gasteiger partial charge in [0.25, 0.3) is 11.8 Å². The first-order valence-electron chi connectivity index (χ1n) is 13.9. The number of nitrogens with zero attached hydrogens (tertiary/aromatic N) is 3. The molecule has 0 aliphatic heterocycles. The van der Waals surface area contributed by atoms with Crippen molar-refractivity contribution >= 4 is 64.0 Å². The number of amides is 2. The van der Waals surface area contributed by atoms with Crippen LogP contribution in [0, 0.1) is 6.92 Å². The third-order valence-corrected chi connectivity index (χ3v) is 7.35. The summed E-state index contributed by atoms with van der Waals surface area (Å²) in [5, 5.41) is 7.55. The van der Waals surface area contributed by atoms with Crippen LogP contribution in [0.5, 0.6) is 0 Å². The predicted octanol–water partition coefficient (Wildman–Crippen LogP) is 7.96. The number of rotatable bonds is 9. The Hall–Kier alpha value is -5.53. The van der Waals surface area contributed by atoms with Crippen LogP contribution in [0.1, 0.15) is 31.8 Å². The van der Waals surface area contributed by atoms with Gasteiger partial charge >= 0.3 is 12.1 Å². The molecular formula is C33H23Cl2F3N6O4. The fourth-order valence-electron chi connectivity index (χ4n) is 4.36. The smallest absolute Gasteiger partial charge is 0.418 e. The second kappa shape index (κ2) is 14.5. The molecule has 0 fully saturated rings. The molecule has 0 aliphatic carbocycles. The van der Waals surface area contributed by atoms with Gasteiger partial charge < -0.3 is 20.7 Å². The lowest BCUT2D eigenvalue weighted by molar-refractivity contribution is -0.137. The monoisotopic (exact) mass is 694 g/mol. The van der Waals surface area contributed by atoms with E-state index in [1.807, 2.05) is 6.07 Å². The highest BCUT2D eigenvalue weighted by Gasteiger charge is 2.34. The van der Waals surface area contributed by atoms with Crippen molar-refractivity contribution in [3.63, 3.8) is 0 Å². The van der Waals surface area contributed by atoms with Crippen molar-refractivity contribution < 1.29 is 32.3 Å². The van der Waals surface area contributed by atoms with Crippen LogP contribution < -0.4 is 16.0 Å². The average Bonchev–Trinajstić information content (AvgIpc) is 3.05. The van der Waals surface area contributed by atoms with Crippen molar-refractivity contribution in [1.82, 2.24) is 15.0 Å². The third-order valence-electron chi connectivity index (χ3n) is 6.72. The summed E-state index contributed by atoms with van der Waals surface area (Å²) in [6.45, 7) is 0.878. The van der Waals surface area contributed by atoms with E-state index in [1.165, 1.54) is 36.4 Å². The van der Waals surface area contributed by atoms with Crippen molar-refractivity contribution in [3.8, 4) is 11.3 Å². The van der Waals surface area contributed by atoms with Crippen LogP contribution in [0.3, 0.4) is 0 Å². The Kier molecular flexibility index (Phi) is 10.2. The molecule has 0 aliphatic rings. The maximum absolute atomic E-state index is 14.0. The molecule has 10 nitrogen and oxygen atoms in total. The van der Waals surface area contributed by atoms with Crippen LogP contribution in [-0.2, 0) is 15.7 Å². The Labute approximate surface area is 281 Å². The molecule has 15 heteroatoms. The number of alkyl halides is 3. The SMILES string of the molecule is Cc1ccc(C(=O)Nc2ccc(NC(=O)COC(=O)c3c(Cl)cccc3Cl)c(C(F)(F)F)c2)cc1Nc1nccc(-c2cccnc2)n1. The number of aromatic nitrogens is 3. The van der Waals surface area contributed by atoms with E-state index in [9.17, 15) is 27.6 Å². The topological polar surface area (TPSA) is 135 Å². The van der Waals surface area contributed by atoms with Gasteiger partial charge in [-0.05, 0) is 73.2 Å². The summed E-state index contributed by atoms with van der Waals surface area (Å²) < 4.78 is 46.9. The van der Waals surface area contributed by atoms with Gasteiger partial charge in [-0.25, -0.2) is 14.8 Å². The van der Waals surface area contributed by atoms with Crippen LogP contribution in [0.2, 0.25) is 10.0 Å². The molecule has 0 atom stereocenters. The maximum Gasteiger partial charge on any atom is 0.418 e. The van der Waals surface area contributed by atoms with Gasteiger partial charge in [0.2, 0.25) is 5.95 Å². The van der Waals surface area contributed by atoms with E-state index >= 15 is 0 Å². The highest BCUT2D eigenvalue weighted by Crippen LogP contribution is 2.37. The Morgan fingerprint density at radius 2 is 1.65 bits per heavy atom. The number of aryl methyl sites for hydroxylation is 1. The summed E-state index contributed by atoms with van der Waals surface area (Å²) >= 11 is 11.9. The number of ether oxygens (including phenoxy) is 1. The Bertz CT molecular complexity index is 1990. The van der Waals surface area contributed by atoms with Crippen LogP contribution in [-0.4, -0.2) is 39.3 Å². The van der Waals surface area contributed by atoms with Gasteiger partial charge in [0.05, 0.1) is 32.6 Å². The number of esters is 1. The van der Waals surface area contributed by atoms with Gasteiger partial charge in [-0.2, -0.15) is 13.2 Å². The number of halogens is 5. The largest absolute Gasteiger partial charge is 0.452 e. The number of anilines is 4. The fourth-order valence-corrected chi connectivity index (χ4v) is 4.92. The van der Waals surface area contributed by atoms with E-state index in [-0.39, 0.29) is 32.8 Å². The lowest BCUT2D eigenvalue weighted by Crippen LogP contribution is -2.23. The zero-order valence-electron chi connectivity index (χ0n) is 24.7. The molecule has 3 N–H and O–H groups in total. The molecule has 0 saturated carbocycles. The highest BCUT2D eigenvalue weighted by molar-refractivity contribution is 6.39. The van der Waals surface area contributed by atoms with Crippen molar-refractivity contribution in [3.05, 3.63) is 124 Å². The third kappa shape index (κ3) is 8.24. The average molecular weight is 695 g/mol. The molecular weight excluding hydrogens is 672 g/mol. The number of hydrogen-bond acceptors (Lipinski definition) is 8. The van der Waals surface area contributed by atoms with Crippen molar-refractivity contribution in [2.75, 3.05) is 22.6 Å². The Morgan fingerprint density at radius 1 is 0.875 bits per heavy atom. The van der Waals surface area contributed by atoms with Crippen molar-refractivity contribution in [2.45, 2.75) is 13.1 Å². The summed E-state index contributed by atoms with van der Waals surface area (Å²) in [4.78, 5) is 50.7. The van der Waals surface area contributed by atoms with E-state index in [0.717, 1.165) is 17.2 Å². The van der Waals surface area contributed by atoms with Gasteiger partial charge in [0.1, 0.15) is 0 Å². The molecule has 2 aromatic heterocycles. The van der Waals surface area contributed by atoms with Gasteiger partial charge in [0.15, 0.2) is 6.61 Å². The number of nitrogens with one attached hydrogen (secondary N) is 3. The molecule has 5 rings (SSSR count).